The van der Waals surface area contributed by atoms with Crippen LogP contribution in [0, 0.1) is 5.92 Å². The molecular formula is C13H21N3O2. The molecule has 2 fully saturated rings. The molecule has 0 bridgehead atoms. The summed E-state index contributed by atoms with van der Waals surface area (Å²) in [5.41, 5.74) is -0.0746. The zero-order valence-electron chi connectivity index (χ0n) is 10.9. The maximum atomic E-state index is 5.52. The molecule has 0 spiro atoms. The molecular weight excluding hydrogens is 230 g/mol. The lowest BCUT2D eigenvalue weighted by molar-refractivity contribution is 0.0849. The van der Waals surface area contributed by atoms with E-state index in [-0.39, 0.29) is 5.41 Å². The lowest BCUT2D eigenvalue weighted by Gasteiger charge is -2.33. The summed E-state index contributed by atoms with van der Waals surface area (Å²) in [5, 5.41) is 7.51. The van der Waals surface area contributed by atoms with E-state index in [0.717, 1.165) is 50.0 Å². The first-order valence-electron chi connectivity index (χ1n) is 6.85. The van der Waals surface area contributed by atoms with E-state index >= 15 is 0 Å². The van der Waals surface area contributed by atoms with Crippen molar-refractivity contribution < 1.29 is 9.26 Å². The number of nitrogens with zero attached hydrogens (tertiary/aromatic N) is 2. The van der Waals surface area contributed by atoms with Gasteiger partial charge < -0.3 is 14.6 Å². The Morgan fingerprint density at radius 1 is 1.39 bits per heavy atom. The van der Waals surface area contributed by atoms with E-state index in [1.54, 1.807) is 7.11 Å². The quantitative estimate of drug-likeness (QED) is 0.854. The number of hydrogen-bond acceptors (Lipinski definition) is 5. The Balaban J connectivity index is 1.77. The van der Waals surface area contributed by atoms with Gasteiger partial charge in [0.05, 0.1) is 12.0 Å². The van der Waals surface area contributed by atoms with E-state index in [9.17, 15) is 0 Å². The first-order chi connectivity index (χ1) is 8.82. The molecule has 0 unspecified atom stereocenters. The summed E-state index contributed by atoms with van der Waals surface area (Å²) in [7, 11) is 1.74. The number of hydrogen-bond donors (Lipinski definition) is 1. The Bertz CT molecular complexity index is 389. The summed E-state index contributed by atoms with van der Waals surface area (Å²) in [6.07, 6.45) is 5.62. The maximum absolute atomic E-state index is 5.52. The van der Waals surface area contributed by atoms with Gasteiger partial charge in [-0.05, 0) is 44.7 Å². The van der Waals surface area contributed by atoms with Crippen LogP contribution in [-0.2, 0) is 16.6 Å². The van der Waals surface area contributed by atoms with Crippen LogP contribution in [0.4, 0.5) is 0 Å². The molecule has 18 heavy (non-hydrogen) atoms. The second-order valence-corrected chi connectivity index (χ2v) is 5.63. The lowest BCUT2D eigenvalue weighted by Crippen LogP contribution is -2.43. The highest BCUT2D eigenvalue weighted by Crippen LogP contribution is 2.35. The number of piperidine rings is 1. The Labute approximate surface area is 107 Å². The minimum Gasteiger partial charge on any atom is -0.384 e. The maximum Gasteiger partial charge on any atom is 0.235 e. The molecule has 100 valence electrons. The third kappa shape index (κ3) is 2.42. The van der Waals surface area contributed by atoms with Crippen LogP contribution in [0.25, 0.3) is 0 Å². The highest BCUT2D eigenvalue weighted by Gasteiger charge is 2.39. The van der Waals surface area contributed by atoms with Crippen LogP contribution in [0.1, 0.15) is 37.4 Å². The molecule has 5 nitrogen and oxygen atoms in total. The normalized spacial score (nSPS) is 23.2. The number of rotatable bonds is 5. The van der Waals surface area contributed by atoms with Crippen molar-refractivity contribution in [3.63, 3.8) is 0 Å². The third-order valence-electron chi connectivity index (χ3n) is 4.07. The Morgan fingerprint density at radius 2 is 2.17 bits per heavy atom. The fourth-order valence-electron chi connectivity index (χ4n) is 2.73. The molecule has 1 aliphatic heterocycles. The van der Waals surface area contributed by atoms with Crippen LogP contribution in [0.2, 0.25) is 0 Å². The predicted molar refractivity (Wildman–Crippen MR) is 66.4 cm³/mol. The van der Waals surface area contributed by atoms with Crippen molar-refractivity contribution in [2.45, 2.75) is 37.5 Å². The molecule has 3 rings (SSSR count). The third-order valence-corrected chi connectivity index (χ3v) is 4.07. The Morgan fingerprint density at radius 3 is 2.83 bits per heavy atom. The van der Waals surface area contributed by atoms with Gasteiger partial charge in [-0.25, -0.2) is 0 Å². The highest BCUT2D eigenvalue weighted by molar-refractivity contribution is 5.08. The van der Waals surface area contributed by atoms with Crippen molar-refractivity contribution >= 4 is 0 Å². The van der Waals surface area contributed by atoms with Crippen LogP contribution in [0.5, 0.6) is 0 Å². The molecule has 1 saturated heterocycles. The Hall–Kier alpha value is -0.940. The zero-order chi connectivity index (χ0) is 12.4. The smallest absolute Gasteiger partial charge is 0.235 e. The second kappa shape index (κ2) is 4.97. The first-order valence-corrected chi connectivity index (χ1v) is 6.85. The number of ether oxygens (including phenoxy) is 1. The van der Waals surface area contributed by atoms with Crippen molar-refractivity contribution in [1.29, 1.82) is 0 Å². The van der Waals surface area contributed by atoms with Crippen molar-refractivity contribution in [1.82, 2.24) is 15.5 Å². The van der Waals surface area contributed by atoms with Crippen molar-refractivity contribution in [2.75, 3.05) is 26.8 Å². The summed E-state index contributed by atoms with van der Waals surface area (Å²) in [4.78, 5) is 4.62. The fourth-order valence-corrected chi connectivity index (χ4v) is 2.73. The van der Waals surface area contributed by atoms with Crippen LogP contribution in [0.15, 0.2) is 4.52 Å². The molecule has 1 N–H and O–H groups in total. The monoisotopic (exact) mass is 251 g/mol. The highest BCUT2D eigenvalue weighted by atomic mass is 16.5. The van der Waals surface area contributed by atoms with E-state index in [1.807, 2.05) is 0 Å². The van der Waals surface area contributed by atoms with E-state index in [4.69, 9.17) is 9.26 Å². The van der Waals surface area contributed by atoms with Gasteiger partial charge in [0.1, 0.15) is 0 Å². The van der Waals surface area contributed by atoms with Crippen molar-refractivity contribution in [3.05, 3.63) is 11.7 Å². The van der Waals surface area contributed by atoms with E-state index in [0.29, 0.717) is 6.61 Å². The second-order valence-electron chi connectivity index (χ2n) is 5.63. The first kappa shape index (κ1) is 12.1. The van der Waals surface area contributed by atoms with Crippen molar-refractivity contribution in [2.24, 2.45) is 5.92 Å². The minimum absolute atomic E-state index is 0.0746. The van der Waals surface area contributed by atoms with Gasteiger partial charge in [-0.2, -0.15) is 4.98 Å². The van der Waals surface area contributed by atoms with Crippen molar-refractivity contribution in [3.8, 4) is 0 Å². The van der Waals surface area contributed by atoms with E-state index in [2.05, 4.69) is 15.5 Å². The summed E-state index contributed by atoms with van der Waals surface area (Å²) >= 11 is 0. The molecule has 0 amide bonds. The SMILES string of the molecule is COCC1(c2nc(CC3CC3)no2)CCNCC1. The molecule has 0 aromatic carbocycles. The predicted octanol–water partition coefficient (Wildman–Crippen LogP) is 1.29. The standard InChI is InChI=1S/C13H21N3O2/c1-17-9-13(4-6-14-7-5-13)12-15-11(16-18-12)8-10-2-3-10/h10,14H,2-9H2,1H3. The van der Waals surface area contributed by atoms with Gasteiger partial charge in [0.2, 0.25) is 5.89 Å². The van der Waals surface area contributed by atoms with Gasteiger partial charge in [-0.1, -0.05) is 5.16 Å². The van der Waals surface area contributed by atoms with Gasteiger partial charge in [0.25, 0.3) is 0 Å². The molecule has 1 aromatic heterocycles. The topological polar surface area (TPSA) is 60.2 Å². The van der Waals surface area contributed by atoms with Gasteiger partial charge in [0.15, 0.2) is 5.82 Å². The molecule has 0 radical (unpaired) electrons. The molecule has 1 aliphatic carbocycles. The largest absolute Gasteiger partial charge is 0.384 e. The van der Waals surface area contributed by atoms with E-state index in [1.165, 1.54) is 12.8 Å². The Kier molecular flexibility index (Phi) is 3.35. The molecule has 0 atom stereocenters. The number of nitrogens with one attached hydrogen (secondary N) is 1. The van der Waals surface area contributed by atoms with Gasteiger partial charge in [0, 0.05) is 13.5 Å². The molecule has 5 heteroatoms. The van der Waals surface area contributed by atoms with Gasteiger partial charge in [-0.15, -0.1) is 0 Å². The number of aromatic nitrogens is 2. The van der Waals surface area contributed by atoms with Crippen LogP contribution in [0.3, 0.4) is 0 Å². The molecule has 1 aromatic rings. The summed E-state index contributed by atoms with van der Waals surface area (Å²) in [6.45, 7) is 2.65. The number of methoxy groups -OCH3 is 1. The van der Waals surface area contributed by atoms with Crippen LogP contribution < -0.4 is 5.32 Å². The molecule has 1 saturated carbocycles. The molecule has 2 heterocycles. The lowest BCUT2D eigenvalue weighted by atomic mass is 9.79. The summed E-state index contributed by atoms with van der Waals surface area (Å²) in [5.74, 6) is 2.45. The summed E-state index contributed by atoms with van der Waals surface area (Å²) < 4.78 is 10.9. The van der Waals surface area contributed by atoms with Gasteiger partial charge >= 0.3 is 0 Å². The molecule has 2 aliphatic rings. The van der Waals surface area contributed by atoms with Crippen LogP contribution >= 0.6 is 0 Å². The average Bonchev–Trinajstić information content (AvgIpc) is 3.06. The average molecular weight is 251 g/mol. The zero-order valence-corrected chi connectivity index (χ0v) is 10.9. The fraction of sp³-hybridized carbons (Fsp3) is 0.846. The minimum atomic E-state index is -0.0746. The summed E-state index contributed by atoms with van der Waals surface area (Å²) in [6, 6.07) is 0. The van der Waals surface area contributed by atoms with Gasteiger partial charge in [-0.3, -0.25) is 0 Å². The van der Waals surface area contributed by atoms with Crippen LogP contribution in [-0.4, -0.2) is 36.9 Å². The van der Waals surface area contributed by atoms with E-state index < -0.39 is 0 Å².